The van der Waals surface area contributed by atoms with E-state index in [0.717, 1.165) is 41.5 Å². The molecule has 1 saturated heterocycles. The number of rotatable bonds is 6. The third kappa shape index (κ3) is 6.17. The predicted octanol–water partition coefficient (Wildman–Crippen LogP) is 0.463. The zero-order chi connectivity index (χ0) is 40.3. The van der Waals surface area contributed by atoms with Crippen LogP contribution < -0.4 is 0 Å². The minimum absolute atomic E-state index is 0.0262. The van der Waals surface area contributed by atoms with Crippen LogP contribution in [0.2, 0.25) is 0 Å². The molecule has 1 spiro atoms. The molecule has 4 aliphatic rings. The van der Waals surface area contributed by atoms with Crippen LogP contribution in [0.4, 0.5) is 0 Å². The molecule has 54 heavy (non-hydrogen) atoms. The van der Waals surface area contributed by atoms with Gasteiger partial charge in [-0.3, -0.25) is 33.8 Å². The molecule has 2 aliphatic carbocycles. The summed E-state index contributed by atoms with van der Waals surface area (Å²) in [4.78, 5) is 96.7. The van der Waals surface area contributed by atoms with E-state index in [2.05, 4.69) is 4.98 Å². The van der Waals surface area contributed by atoms with Crippen LogP contribution in [0, 0.1) is 17.3 Å². The van der Waals surface area contributed by atoms with Gasteiger partial charge in [-0.05, 0) is 31.4 Å². The van der Waals surface area contributed by atoms with E-state index in [4.69, 9.17) is 37.9 Å². The summed E-state index contributed by atoms with van der Waals surface area (Å²) in [5.74, 6) is -10.3. The second-order valence-electron chi connectivity index (χ2n) is 14.8. The molecule has 2 saturated carbocycles. The standard InChI is InChI=1S/C36H45NO17/c1-15-16(2)31(44)53-28-25(43)29(51-20(6)41)35(14-47-17(3)38)30(52-21(7)42)26(49-18(4)39)24-27(50-19(5)40)36(35,34(28,9)46)54-33(24,8)13-48-32(45)23-12-37-11-10-22(15)23/h10-12,15-16,24-30,43,46H,13-14H2,1-9H3/t15-,16-,24+,25-,26+,27-,28-,29+,30-,33-,34-,35+,36-/m0/s1. The van der Waals surface area contributed by atoms with Crippen molar-refractivity contribution < 1.29 is 81.7 Å². The maximum Gasteiger partial charge on any atom is 0.340 e. The Bertz CT molecular complexity index is 1740. The highest BCUT2D eigenvalue weighted by molar-refractivity contribution is 5.91. The van der Waals surface area contributed by atoms with Crippen LogP contribution in [0.15, 0.2) is 18.5 Å². The summed E-state index contributed by atoms with van der Waals surface area (Å²) in [6.45, 7) is 8.85. The quantitative estimate of drug-likeness (QED) is 0.295. The van der Waals surface area contributed by atoms with Gasteiger partial charge in [-0.25, -0.2) is 4.79 Å². The lowest BCUT2D eigenvalue weighted by Crippen LogP contribution is -2.89. The highest BCUT2D eigenvalue weighted by Gasteiger charge is 2.91. The first-order valence-corrected chi connectivity index (χ1v) is 17.3. The Kier molecular flexibility index (Phi) is 10.6. The van der Waals surface area contributed by atoms with Crippen molar-refractivity contribution in [1.29, 1.82) is 0 Å². The van der Waals surface area contributed by atoms with Gasteiger partial charge in [0, 0.05) is 47.0 Å². The number of aromatic nitrogens is 1. The molecule has 2 aliphatic heterocycles. The van der Waals surface area contributed by atoms with Crippen LogP contribution in [-0.2, 0) is 66.7 Å². The molecule has 5 rings (SSSR count). The molecule has 0 amide bonds. The highest BCUT2D eigenvalue weighted by atomic mass is 16.7. The number of pyridine rings is 1. The van der Waals surface area contributed by atoms with Gasteiger partial charge in [-0.15, -0.1) is 0 Å². The predicted molar refractivity (Wildman–Crippen MR) is 176 cm³/mol. The van der Waals surface area contributed by atoms with Crippen LogP contribution >= 0.6 is 0 Å². The van der Waals surface area contributed by atoms with E-state index in [9.17, 15) is 43.8 Å². The summed E-state index contributed by atoms with van der Waals surface area (Å²) < 4.78 is 47.8. The SMILES string of the molecule is CC(=O)OC[C@]12[C@H](OC(C)=O)[C@@H](O)[C@@H]3OC(=O)[C@@H](C)[C@H](C)c4ccncc4C(=O)OC[C@]4(C)O[C@@]1([C@@H](OC(C)=O)[C@H]4[C@@H](OC(C)=O)[C@@H]2OC(C)=O)[C@@]3(C)O. The van der Waals surface area contributed by atoms with Gasteiger partial charge in [0.2, 0.25) is 0 Å². The monoisotopic (exact) mass is 763 g/mol. The molecule has 0 aromatic carbocycles. The van der Waals surface area contributed by atoms with E-state index in [0.29, 0.717) is 5.56 Å². The smallest absolute Gasteiger partial charge is 0.340 e. The minimum Gasteiger partial charge on any atom is -0.465 e. The van der Waals surface area contributed by atoms with Crippen molar-refractivity contribution in [3.05, 3.63) is 29.6 Å². The molecule has 2 N–H and O–H groups in total. The number of aliphatic hydroxyl groups is 2. The summed E-state index contributed by atoms with van der Waals surface area (Å²) in [5.41, 5.74) is -9.71. The van der Waals surface area contributed by atoms with Crippen LogP contribution in [0.3, 0.4) is 0 Å². The van der Waals surface area contributed by atoms with E-state index in [-0.39, 0.29) is 5.56 Å². The van der Waals surface area contributed by atoms with Crippen molar-refractivity contribution in [3.63, 3.8) is 0 Å². The van der Waals surface area contributed by atoms with Crippen molar-refractivity contribution >= 4 is 41.8 Å². The molecular weight excluding hydrogens is 718 g/mol. The first-order valence-electron chi connectivity index (χ1n) is 17.3. The van der Waals surface area contributed by atoms with Gasteiger partial charge in [0.1, 0.15) is 54.2 Å². The number of esters is 7. The Morgan fingerprint density at radius 2 is 1.43 bits per heavy atom. The lowest BCUT2D eigenvalue weighted by atomic mass is 9.45. The van der Waals surface area contributed by atoms with E-state index in [1.807, 2.05) is 0 Å². The van der Waals surface area contributed by atoms with E-state index in [1.54, 1.807) is 6.92 Å². The topological polar surface area (TPSA) is 247 Å². The van der Waals surface area contributed by atoms with Gasteiger partial charge < -0.3 is 48.1 Å². The number of carbonyl (C=O) groups excluding carboxylic acids is 7. The number of hydrogen-bond acceptors (Lipinski definition) is 18. The average Bonchev–Trinajstić information content (AvgIpc) is 3.29. The molecule has 0 unspecified atom stereocenters. The molecule has 0 radical (unpaired) electrons. The maximum absolute atomic E-state index is 14.1. The second-order valence-corrected chi connectivity index (χ2v) is 14.8. The summed E-state index contributed by atoms with van der Waals surface area (Å²) in [6, 6.07) is 1.51. The van der Waals surface area contributed by atoms with Crippen molar-refractivity contribution in [2.24, 2.45) is 17.3 Å². The van der Waals surface area contributed by atoms with Crippen molar-refractivity contribution in [1.82, 2.24) is 4.98 Å². The largest absolute Gasteiger partial charge is 0.465 e. The molecule has 13 atom stereocenters. The lowest BCUT2D eigenvalue weighted by molar-refractivity contribution is -0.386. The van der Waals surface area contributed by atoms with Crippen LogP contribution in [0.25, 0.3) is 0 Å². The minimum atomic E-state index is -2.77. The number of aliphatic hydroxyl groups excluding tert-OH is 1. The number of fused-ring (bicyclic) bond motifs is 5. The Balaban J connectivity index is 1.96. The van der Waals surface area contributed by atoms with Gasteiger partial charge in [-0.1, -0.05) is 13.8 Å². The fourth-order valence-electron chi connectivity index (χ4n) is 9.02. The third-order valence-electron chi connectivity index (χ3n) is 11.2. The van der Waals surface area contributed by atoms with E-state index >= 15 is 0 Å². The van der Waals surface area contributed by atoms with Crippen LogP contribution in [0.1, 0.15) is 84.2 Å². The highest BCUT2D eigenvalue weighted by Crippen LogP contribution is 2.70. The molecule has 3 heterocycles. The second kappa shape index (κ2) is 14.2. The van der Waals surface area contributed by atoms with Gasteiger partial charge >= 0.3 is 41.8 Å². The van der Waals surface area contributed by atoms with Gasteiger partial charge in [-0.2, -0.15) is 0 Å². The molecule has 3 fully saturated rings. The van der Waals surface area contributed by atoms with Gasteiger partial charge in [0.25, 0.3) is 0 Å². The number of nitrogens with zero attached hydrogens (tertiary/aromatic N) is 1. The molecule has 1 aromatic heterocycles. The zero-order valence-electron chi connectivity index (χ0n) is 31.3. The van der Waals surface area contributed by atoms with Crippen LogP contribution in [0.5, 0.6) is 0 Å². The Hall–Kier alpha value is -4.68. The number of hydrogen-bond donors (Lipinski definition) is 2. The van der Waals surface area contributed by atoms with Gasteiger partial charge in [0.05, 0.1) is 17.4 Å². The zero-order valence-corrected chi connectivity index (χ0v) is 31.3. The number of carbonyl (C=O) groups is 7. The van der Waals surface area contributed by atoms with E-state index in [1.165, 1.54) is 32.3 Å². The molecular formula is C36H45NO17. The molecule has 18 nitrogen and oxygen atoms in total. The summed E-state index contributed by atoms with van der Waals surface area (Å²) in [7, 11) is 0. The fourth-order valence-corrected chi connectivity index (χ4v) is 9.02. The molecule has 1 aromatic rings. The Morgan fingerprint density at radius 1 is 0.852 bits per heavy atom. The summed E-state index contributed by atoms with van der Waals surface area (Å²) in [5, 5.41) is 25.4. The van der Waals surface area contributed by atoms with Crippen molar-refractivity contribution in [3.8, 4) is 0 Å². The maximum atomic E-state index is 14.1. The summed E-state index contributed by atoms with van der Waals surface area (Å²) >= 11 is 0. The number of ether oxygens (including phenoxy) is 8. The van der Waals surface area contributed by atoms with E-state index < -0.39 is 132 Å². The molecule has 4 bridgehead atoms. The van der Waals surface area contributed by atoms with Crippen molar-refractivity contribution in [2.45, 2.75) is 122 Å². The lowest BCUT2D eigenvalue weighted by Gasteiger charge is -2.67. The number of cyclic esters (lactones) is 1. The first kappa shape index (κ1) is 40.5. The molecule has 296 valence electrons. The third-order valence-corrected chi connectivity index (χ3v) is 11.2. The molecule has 18 heteroatoms. The Morgan fingerprint density at radius 3 is 2.00 bits per heavy atom. The Labute approximate surface area is 310 Å². The first-order chi connectivity index (χ1) is 25.1. The van der Waals surface area contributed by atoms with Gasteiger partial charge in [0.15, 0.2) is 17.8 Å². The normalized spacial score (nSPS) is 39.8. The average molecular weight is 764 g/mol. The summed E-state index contributed by atoms with van der Waals surface area (Å²) in [6.07, 6.45) is -9.35. The van der Waals surface area contributed by atoms with Crippen LogP contribution in [-0.4, -0.2) is 124 Å². The van der Waals surface area contributed by atoms with Crippen molar-refractivity contribution in [2.75, 3.05) is 13.2 Å². The fraction of sp³-hybridized carbons (Fsp3) is 0.667.